The average Bonchev–Trinajstić information content (AvgIpc) is 3.14. The van der Waals surface area contributed by atoms with Crippen LogP contribution in [0.3, 0.4) is 0 Å². The van der Waals surface area contributed by atoms with Gasteiger partial charge in [0.25, 0.3) is 0 Å². The van der Waals surface area contributed by atoms with E-state index in [-0.39, 0.29) is 6.10 Å². The molecule has 1 aliphatic rings. The molecule has 1 unspecified atom stereocenters. The Kier molecular flexibility index (Phi) is 6.92. The molecule has 2 aromatic rings. The lowest BCUT2D eigenvalue weighted by Crippen LogP contribution is -2.47. The number of benzene rings is 1. The highest BCUT2D eigenvalue weighted by atomic mass is 16.5. The predicted molar refractivity (Wildman–Crippen MR) is 110 cm³/mol. The van der Waals surface area contributed by atoms with E-state index in [1.807, 2.05) is 38.6 Å². The fourth-order valence-corrected chi connectivity index (χ4v) is 3.13. The van der Waals surface area contributed by atoms with Gasteiger partial charge in [-0.05, 0) is 23.6 Å². The lowest BCUT2D eigenvalue weighted by Gasteiger charge is -2.34. The van der Waals surface area contributed by atoms with E-state index in [4.69, 9.17) is 9.47 Å². The van der Waals surface area contributed by atoms with Crippen LogP contribution in [-0.4, -0.2) is 54.0 Å². The number of aliphatic imine (C=N–C) groups is 1. The molecule has 152 valence electrons. The number of ether oxygens (including phenoxy) is 2. The molecular weight excluding hydrogens is 354 g/mol. The van der Waals surface area contributed by atoms with Crippen LogP contribution in [-0.2, 0) is 18.3 Å². The molecule has 3 rings (SSSR count). The second kappa shape index (κ2) is 9.59. The minimum absolute atomic E-state index is 0.0124. The van der Waals surface area contributed by atoms with Gasteiger partial charge < -0.3 is 19.7 Å². The third-order valence-corrected chi connectivity index (χ3v) is 4.63. The molecule has 7 nitrogen and oxygen atoms in total. The summed E-state index contributed by atoms with van der Waals surface area (Å²) in [6, 6.07) is 8.23. The maximum atomic E-state index is 5.93. The third kappa shape index (κ3) is 5.48. The number of hydrogen-bond acceptors (Lipinski definition) is 4. The van der Waals surface area contributed by atoms with Crippen LogP contribution >= 0.6 is 0 Å². The second-order valence-electron chi connectivity index (χ2n) is 7.50. The summed E-state index contributed by atoms with van der Waals surface area (Å²) in [5.41, 5.74) is 2.29. The Morgan fingerprint density at radius 2 is 2.14 bits per heavy atom. The maximum Gasteiger partial charge on any atom is 0.194 e. The largest absolute Gasteiger partial charge is 0.493 e. The van der Waals surface area contributed by atoms with Gasteiger partial charge in [-0.25, -0.2) is 0 Å². The number of aromatic nitrogens is 2. The van der Waals surface area contributed by atoms with Crippen molar-refractivity contribution < 1.29 is 9.47 Å². The standard InChI is InChI=1S/C21H31N5O2/c1-16(2)15-28-19-7-5-17(6-8-19)11-23-21(22-3)26-9-10-27-20(14-26)18-12-24-25(4)13-18/h5-8,12-13,16,20H,9-11,14-15H2,1-4H3,(H,22,23). The van der Waals surface area contributed by atoms with Crippen molar-refractivity contribution in [2.24, 2.45) is 18.0 Å². The number of nitrogens with one attached hydrogen (secondary N) is 1. The molecule has 0 aliphatic carbocycles. The van der Waals surface area contributed by atoms with Crippen LogP contribution in [0.5, 0.6) is 5.75 Å². The van der Waals surface area contributed by atoms with Crippen LogP contribution in [0.1, 0.15) is 31.1 Å². The van der Waals surface area contributed by atoms with Crippen LogP contribution < -0.4 is 10.1 Å². The summed E-state index contributed by atoms with van der Waals surface area (Å²) in [5.74, 6) is 2.32. The normalized spacial score (nSPS) is 17.8. The molecule has 1 aromatic carbocycles. The zero-order valence-electron chi connectivity index (χ0n) is 17.3. The molecule has 1 saturated heterocycles. The minimum atomic E-state index is 0.0124. The number of nitrogens with zero attached hydrogens (tertiary/aromatic N) is 4. The van der Waals surface area contributed by atoms with Crippen molar-refractivity contribution in [1.29, 1.82) is 0 Å². The molecule has 0 saturated carbocycles. The molecule has 0 amide bonds. The van der Waals surface area contributed by atoms with E-state index < -0.39 is 0 Å². The van der Waals surface area contributed by atoms with Gasteiger partial charge in [0.05, 0.1) is 26.0 Å². The van der Waals surface area contributed by atoms with Crippen molar-refractivity contribution in [3.8, 4) is 5.75 Å². The second-order valence-corrected chi connectivity index (χ2v) is 7.50. The first kappa shape index (κ1) is 20.2. The summed E-state index contributed by atoms with van der Waals surface area (Å²) in [6.07, 6.45) is 3.89. The number of hydrogen-bond donors (Lipinski definition) is 1. The van der Waals surface area contributed by atoms with E-state index in [1.165, 1.54) is 5.56 Å². The highest BCUT2D eigenvalue weighted by Crippen LogP contribution is 2.21. The summed E-state index contributed by atoms with van der Waals surface area (Å²) in [4.78, 5) is 6.69. The monoisotopic (exact) mass is 385 g/mol. The molecular formula is C21H31N5O2. The van der Waals surface area contributed by atoms with E-state index in [1.54, 1.807) is 4.68 Å². The maximum absolute atomic E-state index is 5.93. The van der Waals surface area contributed by atoms with Crippen LogP contribution in [0.15, 0.2) is 41.7 Å². The van der Waals surface area contributed by atoms with Gasteiger partial charge in [-0.3, -0.25) is 9.67 Å². The molecule has 1 N–H and O–H groups in total. The first-order chi connectivity index (χ1) is 13.5. The number of guanidine groups is 1. The zero-order chi connectivity index (χ0) is 19.9. The van der Waals surface area contributed by atoms with E-state index in [0.717, 1.165) is 37.0 Å². The Hall–Kier alpha value is -2.54. The van der Waals surface area contributed by atoms with Crippen LogP contribution in [0.2, 0.25) is 0 Å². The van der Waals surface area contributed by atoms with Gasteiger partial charge in [0, 0.05) is 38.9 Å². The quantitative estimate of drug-likeness (QED) is 0.612. The molecule has 1 fully saturated rings. The summed E-state index contributed by atoms with van der Waals surface area (Å²) in [6.45, 7) is 7.99. The van der Waals surface area contributed by atoms with Gasteiger partial charge in [-0.2, -0.15) is 5.10 Å². The molecule has 2 heterocycles. The van der Waals surface area contributed by atoms with Crippen LogP contribution in [0, 0.1) is 5.92 Å². The van der Waals surface area contributed by atoms with E-state index in [2.05, 4.69) is 46.3 Å². The van der Waals surface area contributed by atoms with Gasteiger partial charge in [-0.1, -0.05) is 26.0 Å². The van der Waals surface area contributed by atoms with Crippen LogP contribution in [0.25, 0.3) is 0 Å². The summed E-state index contributed by atoms with van der Waals surface area (Å²) in [7, 11) is 3.74. The smallest absolute Gasteiger partial charge is 0.194 e. The Bertz CT molecular complexity index is 769. The van der Waals surface area contributed by atoms with Crippen molar-refractivity contribution in [2.75, 3.05) is 33.4 Å². The van der Waals surface area contributed by atoms with Gasteiger partial charge in [0.1, 0.15) is 11.9 Å². The van der Waals surface area contributed by atoms with E-state index in [0.29, 0.717) is 19.1 Å². The van der Waals surface area contributed by atoms with Gasteiger partial charge in [0.15, 0.2) is 5.96 Å². The van der Waals surface area contributed by atoms with Crippen molar-refractivity contribution >= 4 is 5.96 Å². The van der Waals surface area contributed by atoms with E-state index in [9.17, 15) is 0 Å². The lowest BCUT2D eigenvalue weighted by atomic mass is 10.1. The first-order valence-corrected chi connectivity index (χ1v) is 9.82. The molecule has 0 spiro atoms. The average molecular weight is 386 g/mol. The molecule has 0 radical (unpaired) electrons. The Balaban J connectivity index is 1.54. The fourth-order valence-electron chi connectivity index (χ4n) is 3.13. The minimum Gasteiger partial charge on any atom is -0.493 e. The highest BCUT2D eigenvalue weighted by molar-refractivity contribution is 5.80. The van der Waals surface area contributed by atoms with Crippen molar-refractivity contribution in [2.45, 2.75) is 26.5 Å². The van der Waals surface area contributed by atoms with Gasteiger partial charge >= 0.3 is 0 Å². The number of morpholine rings is 1. The highest BCUT2D eigenvalue weighted by Gasteiger charge is 2.25. The number of aryl methyl sites for hydroxylation is 1. The first-order valence-electron chi connectivity index (χ1n) is 9.82. The third-order valence-electron chi connectivity index (χ3n) is 4.63. The molecule has 1 atom stereocenters. The SMILES string of the molecule is CN=C(NCc1ccc(OCC(C)C)cc1)N1CCOC(c2cnn(C)c2)C1. The van der Waals surface area contributed by atoms with E-state index >= 15 is 0 Å². The topological polar surface area (TPSA) is 63.9 Å². The summed E-state index contributed by atoms with van der Waals surface area (Å²) >= 11 is 0. The Morgan fingerprint density at radius 1 is 1.36 bits per heavy atom. The molecule has 0 bridgehead atoms. The molecule has 28 heavy (non-hydrogen) atoms. The van der Waals surface area contributed by atoms with Crippen molar-refractivity contribution in [1.82, 2.24) is 20.0 Å². The molecule has 1 aromatic heterocycles. The van der Waals surface area contributed by atoms with Crippen molar-refractivity contribution in [3.05, 3.63) is 47.8 Å². The lowest BCUT2D eigenvalue weighted by molar-refractivity contribution is -0.00805. The number of rotatable bonds is 6. The van der Waals surface area contributed by atoms with Gasteiger partial charge in [-0.15, -0.1) is 0 Å². The van der Waals surface area contributed by atoms with Crippen molar-refractivity contribution in [3.63, 3.8) is 0 Å². The van der Waals surface area contributed by atoms with Crippen LogP contribution in [0.4, 0.5) is 0 Å². The Labute approximate surface area is 167 Å². The fraction of sp³-hybridized carbons (Fsp3) is 0.524. The summed E-state index contributed by atoms with van der Waals surface area (Å²) < 4.78 is 13.5. The van der Waals surface area contributed by atoms with Gasteiger partial charge in [0.2, 0.25) is 0 Å². The summed E-state index contributed by atoms with van der Waals surface area (Å²) in [5, 5.41) is 7.71. The Morgan fingerprint density at radius 3 is 2.79 bits per heavy atom. The molecule has 1 aliphatic heterocycles. The zero-order valence-corrected chi connectivity index (χ0v) is 17.3. The molecule has 7 heteroatoms. The predicted octanol–water partition coefficient (Wildman–Crippen LogP) is 2.60.